The molecule has 11 heteroatoms. The van der Waals surface area contributed by atoms with Gasteiger partial charge in [-0.25, -0.2) is 4.79 Å². The Morgan fingerprint density at radius 1 is 1.26 bits per heavy atom. The van der Waals surface area contributed by atoms with Gasteiger partial charge in [-0.2, -0.15) is 0 Å². The van der Waals surface area contributed by atoms with Gasteiger partial charge in [-0.05, 0) is 56.7 Å². The minimum atomic E-state index is -2.99. The molecule has 1 fully saturated rings. The Morgan fingerprint density at radius 3 is 2.41 bits per heavy atom. The van der Waals surface area contributed by atoms with E-state index in [4.69, 9.17) is 14.2 Å². The van der Waals surface area contributed by atoms with Crippen LogP contribution in [-0.2, 0) is 46.5 Å². The fourth-order valence-corrected chi connectivity index (χ4v) is 4.84. The van der Waals surface area contributed by atoms with E-state index in [-0.39, 0.29) is 36.2 Å². The van der Waals surface area contributed by atoms with Crippen LogP contribution in [-0.4, -0.2) is 60.8 Å². The van der Waals surface area contributed by atoms with Crippen molar-refractivity contribution in [1.82, 2.24) is 4.31 Å². The lowest BCUT2D eigenvalue weighted by Crippen LogP contribution is -2.51. The predicted octanol–water partition coefficient (Wildman–Crippen LogP) is 3.51. The third-order valence-electron chi connectivity index (χ3n) is 6.56. The van der Waals surface area contributed by atoms with Crippen molar-refractivity contribution in [2.24, 2.45) is 17.8 Å². The first-order chi connectivity index (χ1) is 18.3. The van der Waals surface area contributed by atoms with E-state index >= 15 is 0 Å². The number of ether oxygens (including phenoxy) is 3. The Labute approximate surface area is 231 Å². The van der Waals surface area contributed by atoms with Crippen LogP contribution in [0, 0.1) is 17.8 Å². The van der Waals surface area contributed by atoms with Crippen molar-refractivity contribution in [3.05, 3.63) is 59.0 Å². The van der Waals surface area contributed by atoms with Crippen LogP contribution in [0.4, 0.5) is 0 Å². The van der Waals surface area contributed by atoms with Crippen molar-refractivity contribution >= 4 is 29.5 Å². The number of rotatable bonds is 13. The lowest BCUT2D eigenvalue weighted by Gasteiger charge is -2.42. The minimum absolute atomic E-state index is 0.0244. The van der Waals surface area contributed by atoms with Crippen molar-refractivity contribution in [3.63, 3.8) is 0 Å². The van der Waals surface area contributed by atoms with Gasteiger partial charge >= 0.3 is 11.9 Å². The molecule has 4 unspecified atom stereocenters. The molecule has 2 aliphatic rings. The zero-order valence-electron chi connectivity index (χ0n) is 22.9. The number of aldehydes is 1. The second-order valence-corrected chi connectivity index (χ2v) is 11.8. The molecule has 0 radical (unpaired) electrons. The molecule has 0 saturated heterocycles. The van der Waals surface area contributed by atoms with Crippen LogP contribution in [0.5, 0.6) is 0 Å². The number of benzene rings is 1. The van der Waals surface area contributed by atoms with Gasteiger partial charge in [-0.1, -0.05) is 44.2 Å². The van der Waals surface area contributed by atoms with E-state index in [1.165, 1.54) is 13.0 Å². The van der Waals surface area contributed by atoms with Crippen LogP contribution in [0.25, 0.3) is 0 Å². The Balaban J connectivity index is 2.15. The highest BCUT2D eigenvalue weighted by Crippen LogP contribution is 2.45. The molecule has 39 heavy (non-hydrogen) atoms. The second kappa shape index (κ2) is 12.4. The monoisotopic (exact) mass is 562 g/mol. The third-order valence-corrected chi connectivity index (χ3v) is 7.23. The van der Waals surface area contributed by atoms with Gasteiger partial charge in [0.2, 0.25) is 0 Å². The van der Waals surface area contributed by atoms with Crippen molar-refractivity contribution in [1.29, 1.82) is 0 Å². The number of carboxylic acid groups (broad SMARTS) is 1. The van der Waals surface area contributed by atoms with Crippen LogP contribution in [0.2, 0.25) is 0 Å². The molecule has 0 spiro atoms. The Hall–Kier alpha value is -3.02. The summed E-state index contributed by atoms with van der Waals surface area (Å²) in [7, 11) is 0. The predicted molar refractivity (Wildman–Crippen MR) is 141 cm³/mol. The van der Waals surface area contributed by atoms with Gasteiger partial charge in [-0.15, -0.1) is 0 Å². The van der Waals surface area contributed by atoms with Gasteiger partial charge in [0.15, 0.2) is 5.60 Å². The van der Waals surface area contributed by atoms with Gasteiger partial charge in [0.1, 0.15) is 24.2 Å². The Morgan fingerprint density at radius 2 is 1.90 bits per heavy atom. The molecule has 10 nitrogen and oxygen atoms in total. The zero-order chi connectivity index (χ0) is 29.0. The standard InChI is InChI=1S/C28H37NO9S/c1-18(15-30)22-13-28(26(32)33,37-17-20-9-7-6-8-10-20)19(2)25(36-16-21-11-12-21)24(22)29(39(34)35)14-23(31)38-27(3,4)5/h6-10,13,15,18-19,21H,11-12,14,16-17H2,1-5H3,(H,32,33)(H,34,35)/p-1. The number of aliphatic carboxylic acids is 1. The maximum absolute atomic E-state index is 12.9. The number of carboxylic acids is 1. The number of hydrogen-bond donors (Lipinski definition) is 1. The molecule has 1 N–H and O–H groups in total. The fraction of sp³-hybridized carbons (Fsp3) is 0.536. The van der Waals surface area contributed by atoms with E-state index in [0.29, 0.717) is 6.29 Å². The highest BCUT2D eigenvalue weighted by atomic mass is 32.2. The Kier molecular flexibility index (Phi) is 9.74. The van der Waals surface area contributed by atoms with Crippen LogP contribution in [0.15, 0.2) is 53.4 Å². The van der Waals surface area contributed by atoms with E-state index in [9.17, 15) is 28.3 Å². The molecule has 0 aliphatic heterocycles. The molecule has 0 heterocycles. The normalized spacial score (nSPS) is 22.9. The number of carbonyl (C=O) groups excluding carboxylic acids is 2. The minimum Gasteiger partial charge on any atom is -0.755 e. The summed E-state index contributed by atoms with van der Waals surface area (Å²) in [5.74, 6) is -3.84. The molecule has 4 atom stereocenters. The number of allylic oxidation sites excluding steroid dienone is 1. The number of nitrogens with zero attached hydrogens (tertiary/aromatic N) is 1. The first-order valence-electron chi connectivity index (χ1n) is 12.8. The molecule has 0 amide bonds. The van der Waals surface area contributed by atoms with E-state index < -0.39 is 52.8 Å². The summed E-state index contributed by atoms with van der Waals surface area (Å²) < 4.78 is 43.4. The van der Waals surface area contributed by atoms with Crippen molar-refractivity contribution in [2.75, 3.05) is 13.2 Å². The molecule has 214 valence electrons. The van der Waals surface area contributed by atoms with Crippen molar-refractivity contribution < 1.29 is 42.5 Å². The first-order valence-corrected chi connectivity index (χ1v) is 13.9. The summed E-state index contributed by atoms with van der Waals surface area (Å²) in [4.78, 5) is 37.6. The molecular formula is C28H36NO9S-. The maximum atomic E-state index is 12.9. The average molecular weight is 563 g/mol. The number of hydrogen-bond acceptors (Lipinski definition) is 8. The second-order valence-electron chi connectivity index (χ2n) is 10.9. The highest BCUT2D eigenvalue weighted by molar-refractivity contribution is 7.76. The third kappa shape index (κ3) is 7.55. The van der Waals surface area contributed by atoms with Gasteiger partial charge < -0.3 is 28.7 Å². The highest BCUT2D eigenvalue weighted by Gasteiger charge is 2.52. The summed E-state index contributed by atoms with van der Waals surface area (Å²) >= 11 is -2.99. The lowest BCUT2D eigenvalue weighted by atomic mass is 9.76. The fourth-order valence-electron chi connectivity index (χ4n) is 4.29. The summed E-state index contributed by atoms with van der Waals surface area (Å²) in [6.45, 7) is 7.51. The zero-order valence-corrected chi connectivity index (χ0v) is 23.7. The molecule has 2 aliphatic carbocycles. The van der Waals surface area contributed by atoms with Crippen LogP contribution >= 0.6 is 0 Å². The van der Waals surface area contributed by atoms with E-state index in [1.807, 2.05) is 6.07 Å². The lowest BCUT2D eigenvalue weighted by molar-refractivity contribution is -0.168. The van der Waals surface area contributed by atoms with Crippen molar-refractivity contribution in [3.8, 4) is 0 Å². The smallest absolute Gasteiger partial charge is 0.340 e. The molecule has 1 aromatic rings. The quantitative estimate of drug-likeness (QED) is 0.217. The van der Waals surface area contributed by atoms with Gasteiger partial charge in [0, 0.05) is 17.2 Å². The van der Waals surface area contributed by atoms with E-state index in [1.54, 1.807) is 52.0 Å². The van der Waals surface area contributed by atoms with E-state index in [2.05, 4.69) is 0 Å². The molecule has 1 saturated carbocycles. The van der Waals surface area contributed by atoms with Crippen LogP contribution < -0.4 is 0 Å². The van der Waals surface area contributed by atoms with Gasteiger partial charge in [0.25, 0.3) is 0 Å². The Bertz CT molecular complexity index is 1150. The topological polar surface area (TPSA) is 143 Å². The molecular weight excluding hydrogens is 526 g/mol. The molecule has 0 aromatic heterocycles. The van der Waals surface area contributed by atoms with E-state index in [0.717, 1.165) is 22.7 Å². The maximum Gasteiger partial charge on any atom is 0.340 e. The van der Waals surface area contributed by atoms with Crippen molar-refractivity contribution in [2.45, 2.75) is 65.3 Å². The number of esters is 1. The van der Waals surface area contributed by atoms with Gasteiger partial charge in [-0.3, -0.25) is 13.3 Å². The first kappa shape index (κ1) is 30.5. The number of carbonyl (C=O) groups is 3. The SMILES string of the molecule is CC(C=O)C1=CC(OCc2ccccc2)(C(=O)O)C(C)C(OCC2CC2)=C1N(CC(=O)OC(C)(C)C)S(=O)[O-]. The molecule has 1 aromatic carbocycles. The molecule has 3 rings (SSSR count). The van der Waals surface area contributed by atoms with Gasteiger partial charge in [0.05, 0.1) is 24.8 Å². The molecule has 0 bridgehead atoms. The van der Waals surface area contributed by atoms with Crippen LogP contribution in [0.3, 0.4) is 0 Å². The summed E-state index contributed by atoms with van der Waals surface area (Å²) in [6, 6.07) is 9.00. The summed E-state index contributed by atoms with van der Waals surface area (Å²) in [6.07, 6.45) is 3.70. The largest absolute Gasteiger partial charge is 0.755 e. The van der Waals surface area contributed by atoms with Crippen LogP contribution in [0.1, 0.15) is 53.0 Å². The average Bonchev–Trinajstić information content (AvgIpc) is 3.69. The summed E-state index contributed by atoms with van der Waals surface area (Å²) in [5.41, 5.74) is -2.11. The summed E-state index contributed by atoms with van der Waals surface area (Å²) in [5, 5.41) is 10.5.